The van der Waals surface area contributed by atoms with E-state index < -0.39 is 0 Å². The van der Waals surface area contributed by atoms with Crippen LogP contribution in [-0.2, 0) is 32.6 Å². The molecule has 0 aliphatic heterocycles. The zero-order valence-electron chi connectivity index (χ0n) is 16.4. The molecule has 134 valence electrons. The fraction of sp³-hybridized carbons (Fsp3) is 0.333. The van der Waals surface area contributed by atoms with Gasteiger partial charge in [-0.2, -0.15) is 6.07 Å². The van der Waals surface area contributed by atoms with Crippen LogP contribution in [0.2, 0.25) is 0 Å². The van der Waals surface area contributed by atoms with Gasteiger partial charge in [-0.1, -0.05) is 32.4 Å². The molecule has 2 aromatic rings. The van der Waals surface area contributed by atoms with E-state index in [2.05, 4.69) is 24.3 Å². The Morgan fingerprint density at radius 3 is 2.00 bits per heavy atom. The summed E-state index contributed by atoms with van der Waals surface area (Å²) in [6, 6.07) is 13.4. The molecule has 0 radical (unpaired) electrons. The molecule has 0 saturated carbocycles. The number of hydrogen-bond acceptors (Lipinski definition) is 2. The van der Waals surface area contributed by atoms with E-state index in [1.807, 2.05) is 32.9 Å². The third-order valence-corrected chi connectivity index (χ3v) is 3.21. The molecule has 1 N–H and O–H groups in total. The summed E-state index contributed by atoms with van der Waals surface area (Å²) in [6.45, 7) is 5.56. The van der Waals surface area contributed by atoms with Crippen molar-refractivity contribution >= 4 is 0 Å². The van der Waals surface area contributed by atoms with E-state index in [9.17, 15) is 0 Å². The Labute approximate surface area is 173 Å². The van der Waals surface area contributed by atoms with Gasteiger partial charge in [0.15, 0.2) is 0 Å². The molecule has 0 atom stereocenters. The van der Waals surface area contributed by atoms with Gasteiger partial charge in [0, 0.05) is 5.75 Å². The summed E-state index contributed by atoms with van der Waals surface area (Å²) < 4.78 is 10.5. The van der Waals surface area contributed by atoms with E-state index in [0.29, 0.717) is 0 Å². The summed E-state index contributed by atoms with van der Waals surface area (Å²) in [5, 5.41) is 0. The van der Waals surface area contributed by atoms with Crippen molar-refractivity contribution in [2.45, 2.75) is 32.7 Å². The summed E-state index contributed by atoms with van der Waals surface area (Å²) in [7, 11) is 3.37. The number of methoxy groups -OCH3 is 2. The van der Waals surface area contributed by atoms with Crippen molar-refractivity contribution in [3.05, 3.63) is 68.1 Å². The molecule has 2 aromatic carbocycles. The SMILES string of the molecule is CC(C)(C)[NH-].COc1c[c-]c2c(c1)-c1cc(OC)ccc1C2.[CH3-].[CH3-].[Zr+4]. The van der Waals surface area contributed by atoms with Gasteiger partial charge >= 0.3 is 26.2 Å². The third-order valence-electron chi connectivity index (χ3n) is 3.21. The average molecular weight is 419 g/mol. The summed E-state index contributed by atoms with van der Waals surface area (Å²) in [5.74, 6) is 1.74. The Bertz CT molecular complexity index is 606. The molecule has 0 unspecified atom stereocenters. The van der Waals surface area contributed by atoms with Crippen LogP contribution in [0, 0.1) is 20.9 Å². The first-order valence-electron chi connectivity index (χ1n) is 7.32. The maximum absolute atomic E-state index is 6.94. The first-order valence-corrected chi connectivity index (χ1v) is 7.32. The van der Waals surface area contributed by atoms with Gasteiger partial charge in [0.2, 0.25) is 0 Å². The molecular formula is C21H29NO2Zr. The van der Waals surface area contributed by atoms with Gasteiger partial charge in [-0.05, 0) is 24.1 Å². The molecule has 3 nitrogen and oxygen atoms in total. The van der Waals surface area contributed by atoms with Crippen molar-refractivity contribution in [1.29, 1.82) is 0 Å². The van der Waals surface area contributed by atoms with E-state index in [0.717, 1.165) is 17.9 Å². The van der Waals surface area contributed by atoms with Crippen LogP contribution in [-0.4, -0.2) is 19.8 Å². The predicted octanol–water partition coefficient (Wildman–Crippen LogP) is 5.81. The van der Waals surface area contributed by atoms with Crippen molar-refractivity contribution < 1.29 is 35.7 Å². The van der Waals surface area contributed by atoms with E-state index in [-0.39, 0.29) is 46.6 Å². The normalized spacial score (nSPS) is 10.5. The Morgan fingerprint density at radius 1 is 0.960 bits per heavy atom. The minimum absolute atomic E-state index is 0. The molecule has 1 aliphatic carbocycles. The van der Waals surface area contributed by atoms with Crippen molar-refractivity contribution in [2.75, 3.05) is 14.2 Å². The Kier molecular flexibility index (Phi) is 11.3. The second kappa shape index (κ2) is 10.8. The van der Waals surface area contributed by atoms with Gasteiger partial charge < -0.3 is 30.1 Å². The van der Waals surface area contributed by atoms with Crippen molar-refractivity contribution in [3.63, 3.8) is 0 Å². The Balaban J connectivity index is 0. The molecule has 0 saturated heterocycles. The molecule has 0 heterocycles. The van der Waals surface area contributed by atoms with Crippen LogP contribution in [0.1, 0.15) is 31.9 Å². The predicted molar refractivity (Wildman–Crippen MR) is 104 cm³/mol. The summed E-state index contributed by atoms with van der Waals surface area (Å²) >= 11 is 0. The number of hydrogen-bond donors (Lipinski definition) is 0. The second-order valence-corrected chi connectivity index (χ2v) is 6.38. The fourth-order valence-corrected chi connectivity index (χ4v) is 2.29. The van der Waals surface area contributed by atoms with Gasteiger partial charge in [0.25, 0.3) is 0 Å². The van der Waals surface area contributed by atoms with E-state index in [4.69, 9.17) is 15.2 Å². The fourth-order valence-electron chi connectivity index (χ4n) is 2.29. The van der Waals surface area contributed by atoms with Gasteiger partial charge in [-0.3, -0.25) is 0 Å². The molecule has 3 rings (SSSR count). The largest absolute Gasteiger partial charge is 4.00 e. The number of benzene rings is 2. The number of nitrogens with one attached hydrogen (secondary N) is 1. The van der Waals surface area contributed by atoms with Gasteiger partial charge in [-0.15, -0.1) is 28.8 Å². The van der Waals surface area contributed by atoms with Crippen LogP contribution in [0.3, 0.4) is 0 Å². The standard InChI is InChI=1S/C15H13O2.C4H10N.2CH3.Zr/c1-16-12-5-3-10-7-11-4-6-13(17-2)9-15(11)14(10)8-12;1-4(2,3)5;;;/h3,5-6,8-9H,7H2,1-2H3;5H,1-3H3;2*1H3;/q4*-1;+4. The molecule has 1 aliphatic rings. The zero-order valence-corrected chi connectivity index (χ0v) is 18.9. The Hall–Kier alpha value is -1.12. The maximum Gasteiger partial charge on any atom is 4.00 e. The van der Waals surface area contributed by atoms with Crippen LogP contribution in [0.4, 0.5) is 0 Å². The van der Waals surface area contributed by atoms with Crippen LogP contribution < -0.4 is 9.47 Å². The van der Waals surface area contributed by atoms with E-state index in [1.165, 1.54) is 22.3 Å². The second-order valence-electron chi connectivity index (χ2n) is 6.38. The van der Waals surface area contributed by atoms with Gasteiger partial charge in [-0.25, -0.2) is 0 Å². The van der Waals surface area contributed by atoms with Gasteiger partial charge in [0.05, 0.1) is 14.2 Å². The van der Waals surface area contributed by atoms with Crippen molar-refractivity contribution in [1.82, 2.24) is 0 Å². The first-order chi connectivity index (χ1) is 10.3. The summed E-state index contributed by atoms with van der Waals surface area (Å²) in [4.78, 5) is 0. The summed E-state index contributed by atoms with van der Waals surface area (Å²) in [6.07, 6.45) is 0.943. The van der Waals surface area contributed by atoms with Gasteiger partial charge in [0.1, 0.15) is 5.75 Å². The average Bonchev–Trinajstić information content (AvgIpc) is 2.82. The number of rotatable bonds is 2. The molecule has 0 fully saturated rings. The molecule has 0 spiro atoms. The van der Waals surface area contributed by atoms with E-state index >= 15 is 0 Å². The topological polar surface area (TPSA) is 42.3 Å². The van der Waals surface area contributed by atoms with E-state index in [1.54, 1.807) is 14.2 Å². The third kappa shape index (κ3) is 7.34. The molecular weight excluding hydrogens is 389 g/mol. The molecule has 0 amide bonds. The number of ether oxygens (including phenoxy) is 2. The number of fused-ring (bicyclic) bond motifs is 3. The van der Waals surface area contributed by atoms with Crippen molar-refractivity contribution in [2.24, 2.45) is 0 Å². The van der Waals surface area contributed by atoms with Crippen molar-refractivity contribution in [3.8, 4) is 22.6 Å². The smallest absolute Gasteiger partial charge is 0.673 e. The van der Waals surface area contributed by atoms with Crippen LogP contribution >= 0.6 is 0 Å². The molecule has 25 heavy (non-hydrogen) atoms. The molecule has 0 aromatic heterocycles. The molecule has 0 bridgehead atoms. The first kappa shape index (κ1) is 26.1. The maximum atomic E-state index is 6.94. The van der Waals surface area contributed by atoms with Crippen LogP contribution in [0.15, 0.2) is 30.3 Å². The Morgan fingerprint density at radius 2 is 1.48 bits per heavy atom. The quantitative estimate of drug-likeness (QED) is 0.493. The minimum Gasteiger partial charge on any atom is -0.673 e. The summed E-state index contributed by atoms with van der Waals surface area (Å²) in [5.41, 5.74) is 11.7. The zero-order chi connectivity index (χ0) is 16.3. The van der Waals surface area contributed by atoms with Crippen LogP contribution in [0.5, 0.6) is 11.5 Å². The monoisotopic (exact) mass is 417 g/mol. The minimum atomic E-state index is -0.250. The molecule has 4 heteroatoms. The van der Waals surface area contributed by atoms with Crippen LogP contribution in [0.25, 0.3) is 16.9 Å².